The molecule has 0 N–H and O–H groups in total. The zero-order valence-electron chi connectivity index (χ0n) is 6.40. The molecule has 0 fully saturated rings. The van der Waals surface area contributed by atoms with Crippen LogP contribution in [0.5, 0.6) is 0 Å². The fourth-order valence-electron chi connectivity index (χ4n) is 0.640. The predicted molar refractivity (Wildman–Crippen MR) is 36.1 cm³/mol. The minimum absolute atomic E-state index is 0.372. The van der Waals surface area contributed by atoms with Crippen LogP contribution >= 0.6 is 0 Å². The Morgan fingerprint density at radius 1 is 1.64 bits per heavy atom. The quantitative estimate of drug-likeness (QED) is 0.450. The molecule has 0 aliphatic carbocycles. The topological polar surface area (TPSA) is 66.0 Å². The normalized spacial score (nSPS) is 9.18. The Hall–Kier alpha value is -1.57. The van der Waals surface area contributed by atoms with Gasteiger partial charge in [-0.25, -0.2) is 0 Å². The van der Waals surface area contributed by atoms with E-state index in [-0.39, 0.29) is 0 Å². The third-order valence-corrected chi connectivity index (χ3v) is 1.11. The molecule has 0 aliphatic rings. The summed E-state index contributed by atoms with van der Waals surface area (Å²) in [6.07, 6.45) is 1.93. The highest BCUT2D eigenvalue weighted by molar-refractivity contribution is 4.81. The highest BCUT2D eigenvalue weighted by atomic mass is 16.4. The van der Waals surface area contributed by atoms with Crippen LogP contribution in [0.2, 0.25) is 0 Å². The third kappa shape index (κ3) is 1.93. The molecule has 0 atom stereocenters. The van der Waals surface area contributed by atoms with E-state index in [1.54, 1.807) is 14.0 Å². The van der Waals surface area contributed by atoms with Crippen molar-refractivity contribution in [2.45, 2.75) is 13.5 Å². The minimum atomic E-state index is 0.372. The van der Waals surface area contributed by atoms with Crippen molar-refractivity contribution in [1.82, 2.24) is 15.1 Å². The molecule has 5 nitrogen and oxygen atoms in total. The maximum Gasteiger partial charge on any atom is 0.236 e. The number of hydrogen-bond donors (Lipinski definition) is 0. The molecular formula is C6H8N4O. The lowest BCUT2D eigenvalue weighted by atomic mass is 10.6. The van der Waals surface area contributed by atoms with Gasteiger partial charge in [0, 0.05) is 14.0 Å². The highest BCUT2D eigenvalue weighted by Gasteiger charge is 2.03. The summed E-state index contributed by atoms with van der Waals surface area (Å²) in [5.41, 5.74) is 0. The fraction of sp³-hybridized carbons (Fsp3) is 0.500. The summed E-state index contributed by atoms with van der Waals surface area (Å²) in [4.78, 5) is 1.41. The Labute approximate surface area is 64.2 Å². The van der Waals surface area contributed by atoms with Gasteiger partial charge < -0.3 is 9.32 Å². The van der Waals surface area contributed by atoms with Gasteiger partial charge in [0.15, 0.2) is 6.19 Å². The lowest BCUT2D eigenvalue weighted by Gasteiger charge is -2.02. The molecule has 58 valence electrons. The van der Waals surface area contributed by atoms with Gasteiger partial charge in [-0.05, 0) is 0 Å². The highest BCUT2D eigenvalue weighted by Crippen LogP contribution is 1.99. The molecule has 1 heterocycles. The van der Waals surface area contributed by atoms with Crippen molar-refractivity contribution in [1.29, 1.82) is 5.26 Å². The molecule has 1 aromatic rings. The van der Waals surface area contributed by atoms with Crippen LogP contribution in [-0.4, -0.2) is 22.1 Å². The zero-order valence-corrected chi connectivity index (χ0v) is 6.40. The lowest BCUT2D eigenvalue weighted by Crippen LogP contribution is -2.10. The van der Waals surface area contributed by atoms with Crippen LogP contribution in [0.15, 0.2) is 4.42 Å². The van der Waals surface area contributed by atoms with E-state index in [1.165, 1.54) is 4.90 Å². The standard InChI is InChI=1S/C6H8N4O/c1-5-8-9-6(11-5)3-10(2)4-7/h3H2,1-2H3. The summed E-state index contributed by atoms with van der Waals surface area (Å²) in [6, 6.07) is 0. The first-order valence-corrected chi connectivity index (χ1v) is 3.12. The van der Waals surface area contributed by atoms with Crippen molar-refractivity contribution in [2.75, 3.05) is 7.05 Å². The van der Waals surface area contributed by atoms with Crippen molar-refractivity contribution in [3.8, 4) is 6.19 Å². The summed E-state index contributed by atoms with van der Waals surface area (Å²) < 4.78 is 5.04. The Morgan fingerprint density at radius 3 is 2.82 bits per heavy atom. The Morgan fingerprint density at radius 2 is 2.36 bits per heavy atom. The van der Waals surface area contributed by atoms with E-state index in [1.807, 2.05) is 6.19 Å². The van der Waals surface area contributed by atoms with Crippen molar-refractivity contribution in [3.63, 3.8) is 0 Å². The van der Waals surface area contributed by atoms with E-state index in [2.05, 4.69) is 10.2 Å². The maximum atomic E-state index is 8.39. The van der Waals surface area contributed by atoms with Gasteiger partial charge in [-0.15, -0.1) is 10.2 Å². The first-order chi connectivity index (χ1) is 5.22. The SMILES string of the molecule is Cc1nnc(CN(C)C#N)o1. The number of rotatable bonds is 2. The molecule has 0 saturated heterocycles. The molecule has 0 aliphatic heterocycles. The van der Waals surface area contributed by atoms with Crippen molar-refractivity contribution in [2.24, 2.45) is 0 Å². The van der Waals surface area contributed by atoms with Crippen molar-refractivity contribution < 1.29 is 4.42 Å². The number of nitrogens with zero attached hydrogens (tertiary/aromatic N) is 4. The van der Waals surface area contributed by atoms with Crippen LogP contribution in [0.1, 0.15) is 11.8 Å². The molecule has 0 saturated carbocycles. The number of aryl methyl sites for hydroxylation is 1. The largest absolute Gasteiger partial charge is 0.424 e. The molecule has 11 heavy (non-hydrogen) atoms. The predicted octanol–water partition coefficient (Wildman–Crippen LogP) is 0.291. The van der Waals surface area contributed by atoms with Gasteiger partial charge in [-0.1, -0.05) is 0 Å². The van der Waals surface area contributed by atoms with Gasteiger partial charge in [-0.2, -0.15) is 5.26 Å². The number of hydrogen-bond acceptors (Lipinski definition) is 5. The van der Waals surface area contributed by atoms with Gasteiger partial charge in [0.05, 0.1) is 0 Å². The van der Waals surface area contributed by atoms with E-state index < -0.39 is 0 Å². The summed E-state index contributed by atoms with van der Waals surface area (Å²) in [5, 5.41) is 15.7. The second kappa shape index (κ2) is 3.01. The summed E-state index contributed by atoms with van der Waals surface area (Å²) in [7, 11) is 1.65. The van der Waals surface area contributed by atoms with Crippen LogP contribution in [-0.2, 0) is 6.54 Å². The maximum absolute atomic E-state index is 8.39. The van der Waals surface area contributed by atoms with Crippen LogP contribution in [0.4, 0.5) is 0 Å². The van der Waals surface area contributed by atoms with Gasteiger partial charge in [0.2, 0.25) is 11.8 Å². The number of nitriles is 1. The van der Waals surface area contributed by atoms with Gasteiger partial charge in [0.1, 0.15) is 6.54 Å². The molecule has 0 aromatic carbocycles. The molecule has 1 aromatic heterocycles. The molecule has 0 bridgehead atoms. The van der Waals surface area contributed by atoms with Crippen LogP contribution < -0.4 is 0 Å². The number of aromatic nitrogens is 2. The lowest BCUT2D eigenvalue weighted by molar-refractivity contribution is 0.373. The Bertz CT molecular complexity index is 274. The second-order valence-corrected chi connectivity index (χ2v) is 2.17. The monoisotopic (exact) mass is 152 g/mol. The fourth-order valence-corrected chi connectivity index (χ4v) is 0.640. The first kappa shape index (κ1) is 7.54. The molecule has 0 unspecified atom stereocenters. The summed E-state index contributed by atoms with van der Waals surface area (Å²) >= 11 is 0. The average molecular weight is 152 g/mol. The Kier molecular flexibility index (Phi) is 2.06. The summed E-state index contributed by atoms with van der Waals surface area (Å²) in [5.74, 6) is 0.984. The average Bonchev–Trinajstić information content (AvgIpc) is 2.35. The van der Waals surface area contributed by atoms with Crippen molar-refractivity contribution >= 4 is 0 Å². The molecule has 1 rings (SSSR count). The Balaban J connectivity index is 2.59. The van der Waals surface area contributed by atoms with Crippen molar-refractivity contribution in [3.05, 3.63) is 11.8 Å². The van der Waals surface area contributed by atoms with Crippen LogP contribution in [0, 0.1) is 18.4 Å². The third-order valence-electron chi connectivity index (χ3n) is 1.11. The molecule has 0 amide bonds. The van der Waals surface area contributed by atoms with E-state index in [0.29, 0.717) is 18.3 Å². The minimum Gasteiger partial charge on any atom is -0.424 e. The van der Waals surface area contributed by atoms with E-state index in [0.717, 1.165) is 0 Å². The zero-order chi connectivity index (χ0) is 8.27. The van der Waals surface area contributed by atoms with E-state index >= 15 is 0 Å². The van der Waals surface area contributed by atoms with E-state index in [9.17, 15) is 0 Å². The van der Waals surface area contributed by atoms with Crippen LogP contribution in [0.25, 0.3) is 0 Å². The molecule has 0 spiro atoms. The second-order valence-electron chi connectivity index (χ2n) is 2.17. The van der Waals surface area contributed by atoms with E-state index in [4.69, 9.17) is 9.68 Å². The summed E-state index contributed by atoms with van der Waals surface area (Å²) in [6.45, 7) is 2.08. The van der Waals surface area contributed by atoms with Crippen LogP contribution in [0.3, 0.4) is 0 Å². The molecule has 0 radical (unpaired) electrons. The molecular weight excluding hydrogens is 144 g/mol. The smallest absolute Gasteiger partial charge is 0.236 e. The van der Waals surface area contributed by atoms with Gasteiger partial charge in [0.25, 0.3) is 0 Å². The molecule has 5 heteroatoms. The first-order valence-electron chi connectivity index (χ1n) is 3.12. The van der Waals surface area contributed by atoms with Gasteiger partial charge in [-0.3, -0.25) is 0 Å². The van der Waals surface area contributed by atoms with Gasteiger partial charge >= 0.3 is 0 Å².